The SMILES string of the molecule is CS(=O)(=O)c1ccc(-c2cnc(N)c(-c3ccc(-c4ccc(OCCN5CCCC5)cc4)nc3)c2)cc1. The number of benzene rings is 2. The van der Waals surface area contributed by atoms with Crippen molar-refractivity contribution in [1.29, 1.82) is 0 Å². The molecule has 190 valence electrons. The van der Waals surface area contributed by atoms with Gasteiger partial charge in [0, 0.05) is 47.4 Å². The molecule has 0 saturated carbocycles. The Kier molecular flexibility index (Phi) is 7.21. The van der Waals surface area contributed by atoms with E-state index < -0.39 is 9.84 Å². The summed E-state index contributed by atoms with van der Waals surface area (Å²) in [6.07, 6.45) is 7.25. The smallest absolute Gasteiger partial charge is 0.175 e. The summed E-state index contributed by atoms with van der Waals surface area (Å²) in [6.45, 7) is 4.02. The zero-order chi connectivity index (χ0) is 25.8. The predicted octanol–water partition coefficient (Wildman–Crippen LogP) is 4.94. The molecule has 1 aliphatic heterocycles. The van der Waals surface area contributed by atoms with Gasteiger partial charge in [-0.05, 0) is 80.0 Å². The van der Waals surface area contributed by atoms with Crippen molar-refractivity contribution in [1.82, 2.24) is 14.9 Å². The van der Waals surface area contributed by atoms with Crippen molar-refractivity contribution < 1.29 is 13.2 Å². The van der Waals surface area contributed by atoms with E-state index in [1.807, 2.05) is 42.5 Å². The molecule has 1 saturated heterocycles. The van der Waals surface area contributed by atoms with Gasteiger partial charge in [-0.15, -0.1) is 0 Å². The summed E-state index contributed by atoms with van der Waals surface area (Å²) >= 11 is 0. The molecule has 1 aliphatic rings. The molecule has 2 aromatic heterocycles. The number of ether oxygens (including phenoxy) is 1. The van der Waals surface area contributed by atoms with Gasteiger partial charge in [-0.1, -0.05) is 18.2 Å². The van der Waals surface area contributed by atoms with Gasteiger partial charge >= 0.3 is 0 Å². The van der Waals surface area contributed by atoms with Crippen LogP contribution in [-0.4, -0.2) is 55.8 Å². The van der Waals surface area contributed by atoms with E-state index in [-0.39, 0.29) is 4.90 Å². The Morgan fingerprint density at radius 1 is 0.838 bits per heavy atom. The highest BCUT2D eigenvalue weighted by Crippen LogP contribution is 2.31. The summed E-state index contributed by atoms with van der Waals surface area (Å²) in [5.41, 5.74) is 11.4. The van der Waals surface area contributed by atoms with Crippen molar-refractivity contribution in [2.45, 2.75) is 17.7 Å². The molecule has 0 radical (unpaired) electrons. The van der Waals surface area contributed by atoms with Gasteiger partial charge in [0.05, 0.1) is 10.6 Å². The van der Waals surface area contributed by atoms with E-state index in [1.165, 1.54) is 32.2 Å². The molecule has 0 unspecified atom stereocenters. The average Bonchev–Trinajstić information content (AvgIpc) is 3.43. The van der Waals surface area contributed by atoms with Gasteiger partial charge in [-0.25, -0.2) is 13.4 Å². The number of hydrogen-bond donors (Lipinski definition) is 1. The number of nitrogens with zero attached hydrogens (tertiary/aromatic N) is 3. The van der Waals surface area contributed by atoms with Crippen LogP contribution in [0.1, 0.15) is 12.8 Å². The monoisotopic (exact) mass is 514 g/mol. The van der Waals surface area contributed by atoms with E-state index in [0.29, 0.717) is 12.4 Å². The van der Waals surface area contributed by atoms with Gasteiger partial charge in [0.15, 0.2) is 9.84 Å². The Balaban J connectivity index is 1.29. The van der Waals surface area contributed by atoms with E-state index >= 15 is 0 Å². The molecule has 0 spiro atoms. The maximum Gasteiger partial charge on any atom is 0.175 e. The van der Waals surface area contributed by atoms with Crippen molar-refractivity contribution in [2.24, 2.45) is 0 Å². The lowest BCUT2D eigenvalue weighted by Crippen LogP contribution is -2.25. The first-order chi connectivity index (χ1) is 17.9. The van der Waals surface area contributed by atoms with Crippen molar-refractivity contribution in [3.8, 4) is 39.3 Å². The van der Waals surface area contributed by atoms with Crippen LogP contribution in [0.5, 0.6) is 5.75 Å². The van der Waals surface area contributed by atoms with Gasteiger partial charge in [-0.2, -0.15) is 0 Å². The topological polar surface area (TPSA) is 98.4 Å². The van der Waals surface area contributed by atoms with E-state index in [1.54, 1.807) is 36.7 Å². The van der Waals surface area contributed by atoms with E-state index in [4.69, 9.17) is 10.5 Å². The lowest BCUT2D eigenvalue weighted by Gasteiger charge is -2.15. The predicted molar refractivity (Wildman–Crippen MR) is 147 cm³/mol. The second-order valence-corrected chi connectivity index (χ2v) is 11.3. The quantitative estimate of drug-likeness (QED) is 0.356. The maximum atomic E-state index is 11.8. The van der Waals surface area contributed by atoms with Gasteiger partial charge in [-0.3, -0.25) is 9.88 Å². The molecule has 3 heterocycles. The zero-order valence-electron chi connectivity index (χ0n) is 20.8. The molecule has 2 N–H and O–H groups in total. The summed E-state index contributed by atoms with van der Waals surface area (Å²) in [6, 6.07) is 20.6. The number of hydrogen-bond acceptors (Lipinski definition) is 7. The van der Waals surface area contributed by atoms with Gasteiger partial charge in [0.2, 0.25) is 0 Å². The van der Waals surface area contributed by atoms with E-state index in [0.717, 1.165) is 45.8 Å². The number of aromatic nitrogens is 2. The number of pyridine rings is 2. The second kappa shape index (κ2) is 10.7. The highest BCUT2D eigenvalue weighted by molar-refractivity contribution is 7.90. The molecule has 7 nitrogen and oxygen atoms in total. The van der Waals surface area contributed by atoms with Crippen LogP contribution >= 0.6 is 0 Å². The Labute approximate surface area is 217 Å². The summed E-state index contributed by atoms with van der Waals surface area (Å²) < 4.78 is 29.4. The summed E-state index contributed by atoms with van der Waals surface area (Å²) in [7, 11) is -3.25. The normalized spacial score (nSPS) is 14.1. The summed E-state index contributed by atoms with van der Waals surface area (Å²) in [5, 5.41) is 0. The average molecular weight is 515 g/mol. The van der Waals surface area contributed by atoms with Crippen LogP contribution in [0, 0.1) is 0 Å². The number of rotatable bonds is 8. The van der Waals surface area contributed by atoms with Crippen LogP contribution in [0.3, 0.4) is 0 Å². The highest BCUT2D eigenvalue weighted by Gasteiger charge is 2.12. The number of nitrogens with two attached hydrogens (primary N) is 1. The molecule has 2 aromatic carbocycles. The standard InChI is InChI=1S/C29H30N4O3S/c1-37(34,35)26-11-6-21(7-12-26)24-18-27(29(30)32-20-24)23-8-13-28(31-19-23)22-4-9-25(10-5-22)36-17-16-33-14-2-3-15-33/h4-13,18-20H,2-3,14-17H2,1H3,(H2,30,32). The zero-order valence-corrected chi connectivity index (χ0v) is 21.6. The summed E-state index contributed by atoms with van der Waals surface area (Å²) in [4.78, 5) is 11.7. The van der Waals surface area contributed by atoms with Gasteiger partial charge < -0.3 is 10.5 Å². The summed E-state index contributed by atoms with van der Waals surface area (Å²) in [5.74, 6) is 1.27. The highest BCUT2D eigenvalue weighted by atomic mass is 32.2. The molecule has 8 heteroatoms. The van der Waals surface area contributed by atoms with Crippen LogP contribution < -0.4 is 10.5 Å². The van der Waals surface area contributed by atoms with Crippen molar-refractivity contribution in [3.05, 3.63) is 79.1 Å². The molecule has 0 amide bonds. The lowest BCUT2D eigenvalue weighted by molar-refractivity contribution is 0.238. The van der Waals surface area contributed by atoms with Crippen LogP contribution in [0.25, 0.3) is 33.5 Å². The molecule has 0 bridgehead atoms. The van der Waals surface area contributed by atoms with E-state index in [2.05, 4.69) is 14.9 Å². The van der Waals surface area contributed by atoms with Crippen LogP contribution in [0.2, 0.25) is 0 Å². The first kappa shape index (κ1) is 24.9. The molecule has 5 rings (SSSR count). The van der Waals surface area contributed by atoms with Crippen molar-refractivity contribution in [2.75, 3.05) is 38.2 Å². The minimum absolute atomic E-state index is 0.279. The van der Waals surface area contributed by atoms with Crippen LogP contribution in [-0.2, 0) is 9.84 Å². The molecule has 0 aliphatic carbocycles. The second-order valence-electron chi connectivity index (χ2n) is 9.31. The van der Waals surface area contributed by atoms with Gasteiger partial charge in [0.1, 0.15) is 18.2 Å². The van der Waals surface area contributed by atoms with Crippen LogP contribution in [0.15, 0.2) is 84.0 Å². The number of nitrogen functional groups attached to an aromatic ring is 1. The Hall–Kier alpha value is -3.75. The lowest BCUT2D eigenvalue weighted by atomic mass is 10.0. The molecule has 1 fully saturated rings. The fourth-order valence-electron chi connectivity index (χ4n) is 4.50. The van der Waals surface area contributed by atoms with Crippen molar-refractivity contribution >= 4 is 15.7 Å². The largest absolute Gasteiger partial charge is 0.492 e. The van der Waals surface area contributed by atoms with Crippen molar-refractivity contribution in [3.63, 3.8) is 0 Å². The fourth-order valence-corrected chi connectivity index (χ4v) is 5.13. The fraction of sp³-hybridized carbons (Fsp3) is 0.241. The Morgan fingerprint density at radius 2 is 1.49 bits per heavy atom. The molecular formula is C29H30N4O3S. The maximum absolute atomic E-state index is 11.8. The Bertz CT molecular complexity index is 1460. The minimum atomic E-state index is -3.25. The van der Waals surface area contributed by atoms with Crippen LogP contribution in [0.4, 0.5) is 5.82 Å². The molecular weight excluding hydrogens is 484 g/mol. The first-order valence-electron chi connectivity index (χ1n) is 12.3. The van der Waals surface area contributed by atoms with E-state index in [9.17, 15) is 8.42 Å². The number of likely N-dealkylation sites (tertiary alicyclic amines) is 1. The minimum Gasteiger partial charge on any atom is -0.492 e. The third kappa shape index (κ3) is 5.98. The third-order valence-corrected chi connectivity index (χ3v) is 7.76. The molecule has 4 aromatic rings. The third-order valence-electron chi connectivity index (χ3n) is 6.63. The molecule has 37 heavy (non-hydrogen) atoms. The number of sulfone groups is 1. The number of anilines is 1. The Morgan fingerprint density at radius 3 is 2.14 bits per heavy atom. The molecule has 0 atom stereocenters. The first-order valence-corrected chi connectivity index (χ1v) is 14.2. The van der Waals surface area contributed by atoms with Gasteiger partial charge in [0.25, 0.3) is 0 Å².